The summed E-state index contributed by atoms with van der Waals surface area (Å²) < 4.78 is 0. The average Bonchev–Trinajstić information content (AvgIpc) is 3.93. The summed E-state index contributed by atoms with van der Waals surface area (Å²) >= 11 is 0. The molecule has 3 aliphatic rings. The van der Waals surface area contributed by atoms with E-state index in [9.17, 15) is 0 Å². The van der Waals surface area contributed by atoms with Crippen LogP contribution in [0, 0.1) is 0 Å². The van der Waals surface area contributed by atoms with Gasteiger partial charge in [0.05, 0.1) is 11.1 Å². The van der Waals surface area contributed by atoms with Crippen LogP contribution in [0.15, 0.2) is 237 Å². The molecule has 0 saturated carbocycles. The van der Waals surface area contributed by atoms with Gasteiger partial charge in [-0.3, -0.25) is 0 Å². The first-order chi connectivity index (χ1) is 32.0. The van der Waals surface area contributed by atoms with Gasteiger partial charge in [-0.25, -0.2) is 0 Å². The van der Waals surface area contributed by atoms with Crippen LogP contribution < -0.4 is 4.90 Å². The minimum atomic E-state index is -0.463. The van der Waals surface area contributed by atoms with Gasteiger partial charge in [0.15, 0.2) is 0 Å². The Morgan fingerprint density at radius 3 is 1.18 bits per heavy atom. The second-order valence-electron chi connectivity index (χ2n) is 18.4. The summed E-state index contributed by atoms with van der Waals surface area (Å²) in [6, 6.07) is 88.3. The molecular formula is C64H45N. The maximum Gasteiger partial charge on any atom is 0.0726 e. The van der Waals surface area contributed by atoms with Crippen LogP contribution in [0.1, 0.15) is 47.2 Å². The fraction of sp³-hybridized carbons (Fsp3) is 0.0625. The Hall–Kier alpha value is -8.00. The third-order valence-electron chi connectivity index (χ3n) is 14.7. The Morgan fingerprint density at radius 2 is 0.646 bits per heavy atom. The van der Waals surface area contributed by atoms with Crippen LogP contribution in [-0.2, 0) is 10.8 Å². The summed E-state index contributed by atoms with van der Waals surface area (Å²) in [5.74, 6) is 0. The largest absolute Gasteiger partial charge is 0.310 e. The molecule has 0 saturated heterocycles. The molecular weight excluding hydrogens is 783 g/mol. The second kappa shape index (κ2) is 14.3. The van der Waals surface area contributed by atoms with Gasteiger partial charge in [-0.1, -0.05) is 214 Å². The van der Waals surface area contributed by atoms with E-state index in [-0.39, 0.29) is 5.41 Å². The topological polar surface area (TPSA) is 3.24 Å². The van der Waals surface area contributed by atoms with Crippen LogP contribution in [0.3, 0.4) is 0 Å². The van der Waals surface area contributed by atoms with Crippen LogP contribution in [0.5, 0.6) is 0 Å². The van der Waals surface area contributed by atoms with E-state index in [2.05, 4.69) is 255 Å². The predicted octanol–water partition coefficient (Wildman–Crippen LogP) is 16.8. The Labute approximate surface area is 381 Å². The molecule has 0 aliphatic heterocycles. The lowest BCUT2D eigenvalue weighted by atomic mass is 9.70. The molecule has 10 aromatic carbocycles. The first kappa shape index (κ1) is 37.5. The van der Waals surface area contributed by atoms with E-state index in [0.717, 1.165) is 17.1 Å². The standard InChI is InChI=1S/C64H45N/c1-63(2)56-29-15-11-25-49(56)53-36-34-45(40-60(53)63)65(62-38-33-44(39-55(62)43-21-7-4-8-22-43)48-24-10-9-23-47(48)42-19-5-3-6-20-42)46-35-37-54-52-28-14-18-32-59(52)64(61(54)41-46)57-30-16-12-26-50(57)51-27-13-17-31-58(51)64/h3-41H,1-2H3. The van der Waals surface area contributed by atoms with Crippen LogP contribution in [0.2, 0.25) is 0 Å². The zero-order valence-electron chi connectivity index (χ0n) is 36.5. The van der Waals surface area contributed by atoms with E-state index in [1.807, 2.05) is 0 Å². The second-order valence-corrected chi connectivity index (χ2v) is 18.4. The molecule has 0 atom stereocenters. The summed E-state index contributed by atoms with van der Waals surface area (Å²) in [6.45, 7) is 4.76. The molecule has 65 heavy (non-hydrogen) atoms. The molecule has 0 aromatic heterocycles. The fourth-order valence-electron chi connectivity index (χ4n) is 11.8. The van der Waals surface area contributed by atoms with Crippen molar-refractivity contribution < 1.29 is 0 Å². The fourth-order valence-corrected chi connectivity index (χ4v) is 11.8. The molecule has 0 heterocycles. The van der Waals surface area contributed by atoms with Crippen molar-refractivity contribution in [3.63, 3.8) is 0 Å². The highest BCUT2D eigenvalue weighted by Crippen LogP contribution is 2.63. The van der Waals surface area contributed by atoms with Crippen LogP contribution in [0.4, 0.5) is 17.1 Å². The monoisotopic (exact) mass is 827 g/mol. The Kier molecular flexibility index (Phi) is 8.24. The normalized spacial score (nSPS) is 13.9. The summed E-state index contributed by atoms with van der Waals surface area (Å²) in [4.78, 5) is 2.54. The van der Waals surface area contributed by atoms with Crippen molar-refractivity contribution in [1.29, 1.82) is 0 Å². The first-order valence-corrected chi connectivity index (χ1v) is 22.8. The number of anilines is 3. The molecule has 0 unspecified atom stereocenters. The third-order valence-corrected chi connectivity index (χ3v) is 14.7. The van der Waals surface area contributed by atoms with Gasteiger partial charge in [0.1, 0.15) is 0 Å². The molecule has 13 rings (SSSR count). The summed E-state index contributed by atoms with van der Waals surface area (Å²) in [5.41, 5.74) is 25.9. The van der Waals surface area contributed by atoms with Gasteiger partial charge in [0.2, 0.25) is 0 Å². The number of fused-ring (bicyclic) bond motifs is 13. The van der Waals surface area contributed by atoms with Crippen molar-refractivity contribution in [2.45, 2.75) is 24.7 Å². The van der Waals surface area contributed by atoms with E-state index in [1.165, 1.54) is 100 Å². The molecule has 306 valence electrons. The Morgan fingerprint density at radius 1 is 0.262 bits per heavy atom. The molecule has 1 heteroatoms. The Bertz CT molecular complexity index is 3460. The summed E-state index contributed by atoms with van der Waals surface area (Å²) in [5, 5.41) is 0. The van der Waals surface area contributed by atoms with Crippen LogP contribution in [0.25, 0.3) is 66.8 Å². The van der Waals surface area contributed by atoms with Gasteiger partial charge in [0.25, 0.3) is 0 Å². The van der Waals surface area contributed by atoms with Gasteiger partial charge in [0, 0.05) is 22.4 Å². The molecule has 0 N–H and O–H groups in total. The summed E-state index contributed by atoms with van der Waals surface area (Å²) in [7, 11) is 0. The van der Waals surface area contributed by atoms with Crippen molar-refractivity contribution in [3.05, 3.63) is 270 Å². The highest BCUT2D eigenvalue weighted by molar-refractivity contribution is 5.98. The van der Waals surface area contributed by atoms with E-state index < -0.39 is 5.41 Å². The van der Waals surface area contributed by atoms with Gasteiger partial charge >= 0.3 is 0 Å². The Balaban J connectivity index is 1.09. The molecule has 0 radical (unpaired) electrons. The van der Waals surface area contributed by atoms with Gasteiger partial charge in [-0.2, -0.15) is 0 Å². The van der Waals surface area contributed by atoms with Crippen molar-refractivity contribution in [1.82, 2.24) is 0 Å². The van der Waals surface area contributed by atoms with Crippen LogP contribution >= 0.6 is 0 Å². The highest BCUT2D eigenvalue weighted by atomic mass is 15.1. The van der Waals surface area contributed by atoms with Crippen LogP contribution in [-0.4, -0.2) is 0 Å². The maximum absolute atomic E-state index is 2.54. The van der Waals surface area contributed by atoms with Crippen molar-refractivity contribution in [2.75, 3.05) is 4.90 Å². The zero-order chi connectivity index (χ0) is 43.3. The quantitative estimate of drug-likeness (QED) is 0.161. The molecule has 3 aliphatic carbocycles. The van der Waals surface area contributed by atoms with Gasteiger partial charge in [-0.15, -0.1) is 0 Å². The molecule has 0 amide bonds. The maximum atomic E-state index is 2.54. The number of nitrogens with zero attached hydrogens (tertiary/aromatic N) is 1. The molecule has 0 fully saturated rings. The van der Waals surface area contributed by atoms with E-state index in [1.54, 1.807) is 0 Å². The first-order valence-electron chi connectivity index (χ1n) is 22.8. The lowest BCUT2D eigenvalue weighted by Gasteiger charge is -2.33. The lowest BCUT2D eigenvalue weighted by Crippen LogP contribution is -2.26. The highest BCUT2D eigenvalue weighted by Gasteiger charge is 2.51. The molecule has 1 nitrogen and oxygen atoms in total. The zero-order valence-corrected chi connectivity index (χ0v) is 36.5. The van der Waals surface area contributed by atoms with E-state index >= 15 is 0 Å². The van der Waals surface area contributed by atoms with Gasteiger partial charge < -0.3 is 4.90 Å². The third kappa shape index (κ3) is 5.39. The van der Waals surface area contributed by atoms with E-state index in [0.29, 0.717) is 0 Å². The molecule has 10 aromatic rings. The number of benzene rings is 10. The minimum absolute atomic E-state index is 0.165. The average molecular weight is 828 g/mol. The lowest BCUT2D eigenvalue weighted by molar-refractivity contribution is 0.660. The molecule has 1 spiro atoms. The number of hydrogen-bond acceptors (Lipinski definition) is 1. The number of hydrogen-bond donors (Lipinski definition) is 0. The van der Waals surface area contributed by atoms with Crippen molar-refractivity contribution in [3.8, 4) is 66.8 Å². The van der Waals surface area contributed by atoms with Gasteiger partial charge in [-0.05, 0) is 131 Å². The summed E-state index contributed by atoms with van der Waals surface area (Å²) in [6.07, 6.45) is 0. The molecule has 0 bridgehead atoms. The number of rotatable bonds is 6. The van der Waals surface area contributed by atoms with Crippen molar-refractivity contribution >= 4 is 17.1 Å². The minimum Gasteiger partial charge on any atom is -0.310 e. The van der Waals surface area contributed by atoms with E-state index in [4.69, 9.17) is 0 Å². The van der Waals surface area contributed by atoms with Crippen molar-refractivity contribution in [2.24, 2.45) is 0 Å². The smallest absolute Gasteiger partial charge is 0.0726 e. The predicted molar refractivity (Wildman–Crippen MR) is 271 cm³/mol. The SMILES string of the molecule is CC1(C)c2ccccc2-c2ccc(N(c3ccc4c(c3)C3(c5ccccc5-c5ccccc53)c3ccccc3-4)c3ccc(-c4ccccc4-c4ccccc4)cc3-c3ccccc3)cc21.